The molecular formula is C15H22N2O4. The van der Waals surface area contributed by atoms with Gasteiger partial charge in [-0.1, -0.05) is 0 Å². The van der Waals surface area contributed by atoms with Gasteiger partial charge in [0.1, 0.15) is 11.5 Å². The van der Waals surface area contributed by atoms with E-state index >= 15 is 0 Å². The lowest BCUT2D eigenvalue weighted by molar-refractivity contribution is -0.118. The van der Waals surface area contributed by atoms with Crippen LogP contribution in [0.2, 0.25) is 0 Å². The van der Waals surface area contributed by atoms with Crippen LogP contribution in [0, 0.1) is 6.92 Å². The van der Waals surface area contributed by atoms with E-state index < -0.39 is 0 Å². The minimum Gasteiger partial charge on any atom is -0.496 e. The van der Waals surface area contributed by atoms with Crippen molar-refractivity contribution in [3.63, 3.8) is 0 Å². The van der Waals surface area contributed by atoms with E-state index in [1.165, 1.54) is 6.92 Å². The molecule has 0 aromatic heterocycles. The zero-order chi connectivity index (χ0) is 15.8. The van der Waals surface area contributed by atoms with E-state index in [0.29, 0.717) is 36.6 Å². The van der Waals surface area contributed by atoms with Crippen LogP contribution >= 0.6 is 0 Å². The Balaban J connectivity index is 2.63. The molecule has 6 heteroatoms. The van der Waals surface area contributed by atoms with Gasteiger partial charge in [0.25, 0.3) is 5.91 Å². The van der Waals surface area contributed by atoms with Crippen LogP contribution in [0.15, 0.2) is 12.1 Å². The van der Waals surface area contributed by atoms with Gasteiger partial charge < -0.3 is 20.1 Å². The molecule has 0 saturated carbocycles. The van der Waals surface area contributed by atoms with E-state index in [4.69, 9.17) is 9.47 Å². The lowest BCUT2D eigenvalue weighted by Gasteiger charge is -2.12. The predicted molar refractivity (Wildman–Crippen MR) is 79.9 cm³/mol. The molecule has 0 radical (unpaired) electrons. The number of carbonyl (C=O) groups excluding carboxylic acids is 2. The van der Waals surface area contributed by atoms with Gasteiger partial charge in [-0.3, -0.25) is 9.59 Å². The summed E-state index contributed by atoms with van der Waals surface area (Å²) in [7, 11) is 3.10. The molecule has 0 saturated heterocycles. The van der Waals surface area contributed by atoms with Gasteiger partial charge in [-0.05, 0) is 25.5 Å². The summed E-state index contributed by atoms with van der Waals surface area (Å²) in [4.78, 5) is 22.8. The first kappa shape index (κ1) is 16.8. The fraction of sp³-hybridized carbons (Fsp3) is 0.467. The molecule has 0 unspecified atom stereocenters. The maximum Gasteiger partial charge on any atom is 0.251 e. The summed E-state index contributed by atoms with van der Waals surface area (Å²) >= 11 is 0. The van der Waals surface area contributed by atoms with Crippen molar-refractivity contribution in [1.82, 2.24) is 10.6 Å². The average Bonchev–Trinajstić information content (AvgIpc) is 2.46. The summed E-state index contributed by atoms with van der Waals surface area (Å²) in [6, 6.07) is 3.36. The topological polar surface area (TPSA) is 76.7 Å². The Morgan fingerprint density at radius 1 is 1.05 bits per heavy atom. The zero-order valence-corrected chi connectivity index (χ0v) is 12.9. The Bertz CT molecular complexity index is 489. The predicted octanol–water partition coefficient (Wildman–Crippen LogP) is 1.27. The van der Waals surface area contributed by atoms with Crippen molar-refractivity contribution >= 4 is 11.8 Å². The fourth-order valence-electron chi connectivity index (χ4n) is 1.87. The van der Waals surface area contributed by atoms with E-state index in [1.807, 2.05) is 6.92 Å². The van der Waals surface area contributed by atoms with Gasteiger partial charge in [-0.25, -0.2) is 0 Å². The van der Waals surface area contributed by atoms with Crippen molar-refractivity contribution in [1.29, 1.82) is 0 Å². The molecule has 2 amide bonds. The highest BCUT2D eigenvalue weighted by molar-refractivity contribution is 5.95. The normalized spacial score (nSPS) is 9.90. The second kappa shape index (κ2) is 8.14. The summed E-state index contributed by atoms with van der Waals surface area (Å²) < 4.78 is 10.5. The summed E-state index contributed by atoms with van der Waals surface area (Å²) in [6.07, 6.45) is 0.672. The largest absolute Gasteiger partial charge is 0.496 e. The van der Waals surface area contributed by atoms with Crippen LogP contribution in [0.1, 0.15) is 29.3 Å². The van der Waals surface area contributed by atoms with Gasteiger partial charge in [-0.15, -0.1) is 0 Å². The Kier molecular flexibility index (Phi) is 6.52. The smallest absolute Gasteiger partial charge is 0.251 e. The summed E-state index contributed by atoms with van der Waals surface area (Å²) in [6.45, 7) is 4.35. The van der Waals surface area contributed by atoms with Crippen molar-refractivity contribution < 1.29 is 19.1 Å². The molecule has 1 aromatic carbocycles. The first-order valence-electron chi connectivity index (χ1n) is 6.74. The Morgan fingerprint density at radius 3 is 2.05 bits per heavy atom. The van der Waals surface area contributed by atoms with Crippen LogP contribution in [-0.2, 0) is 4.79 Å². The number of ether oxygens (including phenoxy) is 2. The van der Waals surface area contributed by atoms with Gasteiger partial charge in [0.15, 0.2) is 0 Å². The minimum atomic E-state index is -0.200. The molecule has 0 aliphatic heterocycles. The molecule has 0 aliphatic rings. The Labute approximate surface area is 124 Å². The second-order valence-corrected chi connectivity index (χ2v) is 4.60. The van der Waals surface area contributed by atoms with Gasteiger partial charge in [0.2, 0.25) is 5.91 Å². The standard InChI is InChI=1S/C15H22N2O4/c1-10-13(20-3)8-12(9-14(10)21-4)15(19)17-7-5-6-16-11(2)18/h8-9H,5-7H2,1-4H3,(H,16,18)(H,17,19). The fourth-order valence-corrected chi connectivity index (χ4v) is 1.87. The first-order chi connectivity index (χ1) is 9.99. The molecule has 1 rings (SSSR count). The van der Waals surface area contributed by atoms with E-state index in [-0.39, 0.29) is 11.8 Å². The highest BCUT2D eigenvalue weighted by Crippen LogP contribution is 2.29. The average molecular weight is 294 g/mol. The van der Waals surface area contributed by atoms with Crippen molar-refractivity contribution in [3.8, 4) is 11.5 Å². The number of amides is 2. The Hall–Kier alpha value is -2.24. The van der Waals surface area contributed by atoms with E-state index in [0.717, 1.165) is 5.56 Å². The minimum absolute atomic E-state index is 0.0747. The summed E-state index contributed by atoms with van der Waals surface area (Å²) in [5.74, 6) is 0.944. The van der Waals surface area contributed by atoms with Crippen LogP contribution in [0.4, 0.5) is 0 Å². The maximum absolute atomic E-state index is 12.1. The monoisotopic (exact) mass is 294 g/mol. The molecule has 0 aliphatic carbocycles. The highest BCUT2D eigenvalue weighted by Gasteiger charge is 2.13. The number of nitrogens with one attached hydrogen (secondary N) is 2. The summed E-state index contributed by atoms with van der Waals surface area (Å²) in [5, 5.41) is 5.47. The van der Waals surface area contributed by atoms with Crippen molar-refractivity contribution in [2.24, 2.45) is 0 Å². The molecule has 6 nitrogen and oxygen atoms in total. The third-order valence-corrected chi connectivity index (χ3v) is 3.03. The van der Waals surface area contributed by atoms with E-state index in [9.17, 15) is 9.59 Å². The number of carbonyl (C=O) groups is 2. The number of benzene rings is 1. The van der Waals surface area contributed by atoms with Crippen LogP contribution in [-0.4, -0.2) is 39.1 Å². The van der Waals surface area contributed by atoms with Gasteiger partial charge in [0, 0.05) is 31.1 Å². The zero-order valence-electron chi connectivity index (χ0n) is 12.9. The molecule has 0 fully saturated rings. The molecule has 116 valence electrons. The molecule has 2 N–H and O–H groups in total. The lowest BCUT2D eigenvalue weighted by Crippen LogP contribution is -2.28. The van der Waals surface area contributed by atoms with Gasteiger partial charge in [0.05, 0.1) is 14.2 Å². The quantitative estimate of drug-likeness (QED) is 0.742. The van der Waals surface area contributed by atoms with Crippen LogP contribution in [0.25, 0.3) is 0 Å². The molecule has 0 bridgehead atoms. The van der Waals surface area contributed by atoms with Crippen LogP contribution < -0.4 is 20.1 Å². The second-order valence-electron chi connectivity index (χ2n) is 4.60. The van der Waals surface area contributed by atoms with Crippen molar-refractivity contribution in [2.45, 2.75) is 20.3 Å². The number of hydrogen-bond donors (Lipinski definition) is 2. The molecule has 1 aromatic rings. The molecule has 0 atom stereocenters. The van der Waals surface area contributed by atoms with E-state index in [1.54, 1.807) is 26.4 Å². The van der Waals surface area contributed by atoms with Crippen molar-refractivity contribution in [2.75, 3.05) is 27.3 Å². The molecular weight excluding hydrogens is 272 g/mol. The number of rotatable bonds is 7. The first-order valence-corrected chi connectivity index (χ1v) is 6.74. The molecule has 0 spiro atoms. The SMILES string of the molecule is COc1cc(C(=O)NCCCNC(C)=O)cc(OC)c1C. The molecule has 0 heterocycles. The summed E-state index contributed by atoms with van der Waals surface area (Å²) in [5.41, 5.74) is 1.33. The van der Waals surface area contributed by atoms with Crippen LogP contribution in [0.5, 0.6) is 11.5 Å². The van der Waals surface area contributed by atoms with E-state index in [2.05, 4.69) is 10.6 Å². The lowest BCUT2D eigenvalue weighted by atomic mass is 10.1. The van der Waals surface area contributed by atoms with Gasteiger partial charge >= 0.3 is 0 Å². The maximum atomic E-state index is 12.1. The number of methoxy groups -OCH3 is 2. The number of hydrogen-bond acceptors (Lipinski definition) is 4. The third-order valence-electron chi connectivity index (χ3n) is 3.03. The Morgan fingerprint density at radius 2 is 1.57 bits per heavy atom. The molecule has 21 heavy (non-hydrogen) atoms. The van der Waals surface area contributed by atoms with Crippen LogP contribution in [0.3, 0.4) is 0 Å². The third kappa shape index (κ3) is 4.98. The highest BCUT2D eigenvalue weighted by atomic mass is 16.5. The van der Waals surface area contributed by atoms with Gasteiger partial charge in [-0.2, -0.15) is 0 Å². The van der Waals surface area contributed by atoms with Crippen molar-refractivity contribution in [3.05, 3.63) is 23.3 Å².